The van der Waals surface area contributed by atoms with E-state index in [0.717, 1.165) is 38.5 Å². The molecule has 6 heteroatoms. The highest BCUT2D eigenvalue weighted by molar-refractivity contribution is 5.69. The standard InChI is InChI=1S/C29H46O6/c1-17(7-12-27(32)33-6)23-10-11-24-22-9-8-20-15-21(34-18(2)30)13-14-28(20,4)25(22)16-26(29(23,24)5)35-19(3)31/h17,20-26H,7-16H2,1-6H3/t17-,20+,21+,22+,23+,24-,25-,26-,28-,29+/m0/s1. The summed E-state index contributed by atoms with van der Waals surface area (Å²) in [6, 6.07) is 0. The van der Waals surface area contributed by atoms with Crippen molar-refractivity contribution in [2.45, 2.75) is 111 Å². The lowest BCUT2D eigenvalue weighted by molar-refractivity contribution is -0.197. The van der Waals surface area contributed by atoms with Gasteiger partial charge in [0.15, 0.2) is 0 Å². The van der Waals surface area contributed by atoms with Crippen LogP contribution in [0.15, 0.2) is 0 Å². The number of hydrogen-bond donors (Lipinski definition) is 0. The van der Waals surface area contributed by atoms with Gasteiger partial charge in [0.25, 0.3) is 0 Å². The van der Waals surface area contributed by atoms with Crippen molar-refractivity contribution in [2.24, 2.45) is 46.3 Å². The summed E-state index contributed by atoms with van der Waals surface area (Å²) >= 11 is 0. The van der Waals surface area contributed by atoms with Crippen LogP contribution < -0.4 is 0 Å². The first-order valence-corrected chi connectivity index (χ1v) is 13.9. The summed E-state index contributed by atoms with van der Waals surface area (Å²) in [6.07, 6.45) is 9.87. The highest BCUT2D eigenvalue weighted by Gasteiger charge is 2.65. The molecule has 0 radical (unpaired) electrons. The molecule has 10 atom stereocenters. The molecule has 0 heterocycles. The summed E-state index contributed by atoms with van der Waals surface area (Å²) < 4.78 is 16.7. The summed E-state index contributed by atoms with van der Waals surface area (Å²) in [5, 5.41) is 0. The molecule has 0 unspecified atom stereocenters. The van der Waals surface area contributed by atoms with Gasteiger partial charge >= 0.3 is 17.9 Å². The zero-order valence-corrected chi connectivity index (χ0v) is 22.6. The molecular formula is C29H46O6. The van der Waals surface area contributed by atoms with E-state index in [1.54, 1.807) is 6.92 Å². The number of carbonyl (C=O) groups excluding carboxylic acids is 3. The van der Waals surface area contributed by atoms with Crippen LogP contribution in [0.5, 0.6) is 0 Å². The van der Waals surface area contributed by atoms with Gasteiger partial charge in [-0.15, -0.1) is 0 Å². The third-order valence-electron chi connectivity index (χ3n) is 11.1. The van der Waals surface area contributed by atoms with Gasteiger partial charge in [-0.2, -0.15) is 0 Å². The maximum Gasteiger partial charge on any atom is 0.305 e. The van der Waals surface area contributed by atoms with Gasteiger partial charge in [0.1, 0.15) is 12.2 Å². The van der Waals surface area contributed by atoms with Gasteiger partial charge in [-0.3, -0.25) is 14.4 Å². The average molecular weight is 491 g/mol. The summed E-state index contributed by atoms with van der Waals surface area (Å²) in [5.74, 6) is 2.60. The smallest absolute Gasteiger partial charge is 0.305 e. The van der Waals surface area contributed by atoms with Gasteiger partial charge in [0, 0.05) is 25.7 Å². The molecule has 0 aromatic heterocycles. The Kier molecular flexibility index (Phi) is 7.60. The number of carbonyl (C=O) groups is 3. The first-order valence-electron chi connectivity index (χ1n) is 13.9. The van der Waals surface area contributed by atoms with Gasteiger partial charge in [-0.25, -0.2) is 0 Å². The van der Waals surface area contributed by atoms with E-state index in [4.69, 9.17) is 14.2 Å². The number of methoxy groups -OCH3 is 1. The van der Waals surface area contributed by atoms with Crippen LogP contribution in [0.3, 0.4) is 0 Å². The van der Waals surface area contributed by atoms with E-state index in [9.17, 15) is 14.4 Å². The van der Waals surface area contributed by atoms with Crippen LogP contribution in [0.4, 0.5) is 0 Å². The third kappa shape index (κ3) is 4.75. The Morgan fingerprint density at radius 2 is 1.63 bits per heavy atom. The van der Waals surface area contributed by atoms with Crippen LogP contribution in [0, 0.1) is 46.3 Å². The molecule has 0 amide bonds. The molecule has 198 valence electrons. The minimum atomic E-state index is -0.183. The molecule has 4 aliphatic carbocycles. The number of ether oxygens (including phenoxy) is 3. The van der Waals surface area contributed by atoms with Crippen molar-refractivity contribution in [3.8, 4) is 0 Å². The maximum atomic E-state index is 12.3. The van der Waals surface area contributed by atoms with E-state index in [2.05, 4.69) is 20.8 Å². The van der Waals surface area contributed by atoms with Crippen molar-refractivity contribution in [3.05, 3.63) is 0 Å². The molecule has 6 nitrogen and oxygen atoms in total. The second kappa shape index (κ2) is 10.0. The predicted octanol–water partition coefficient (Wildman–Crippen LogP) is 5.71. The molecular weight excluding hydrogens is 444 g/mol. The van der Waals surface area contributed by atoms with E-state index < -0.39 is 0 Å². The van der Waals surface area contributed by atoms with Gasteiger partial charge in [0.05, 0.1) is 7.11 Å². The van der Waals surface area contributed by atoms with Crippen LogP contribution in [-0.2, 0) is 28.6 Å². The minimum Gasteiger partial charge on any atom is -0.469 e. The fourth-order valence-electron chi connectivity index (χ4n) is 9.48. The van der Waals surface area contributed by atoms with Crippen molar-refractivity contribution in [3.63, 3.8) is 0 Å². The third-order valence-corrected chi connectivity index (χ3v) is 11.1. The highest BCUT2D eigenvalue weighted by atomic mass is 16.5. The Balaban J connectivity index is 1.58. The van der Waals surface area contributed by atoms with Gasteiger partial charge in [0.2, 0.25) is 0 Å². The SMILES string of the molecule is COC(=O)CC[C@H](C)[C@H]1CC[C@H]2[C@H]3CC[C@@H]4C[C@H](OC(C)=O)CC[C@]4(C)[C@H]3C[C@H](OC(C)=O)[C@]12C. The highest BCUT2D eigenvalue weighted by Crippen LogP contribution is 2.69. The lowest BCUT2D eigenvalue weighted by Crippen LogP contribution is -2.59. The van der Waals surface area contributed by atoms with E-state index in [1.165, 1.54) is 33.3 Å². The zero-order valence-electron chi connectivity index (χ0n) is 22.6. The van der Waals surface area contributed by atoms with E-state index in [-0.39, 0.29) is 40.9 Å². The quantitative estimate of drug-likeness (QED) is 0.351. The van der Waals surface area contributed by atoms with Crippen LogP contribution in [-0.4, -0.2) is 37.2 Å². The van der Waals surface area contributed by atoms with Crippen molar-refractivity contribution < 1.29 is 28.6 Å². The molecule has 4 saturated carbocycles. The van der Waals surface area contributed by atoms with Crippen LogP contribution in [0.25, 0.3) is 0 Å². The topological polar surface area (TPSA) is 78.9 Å². The summed E-state index contributed by atoms with van der Waals surface area (Å²) in [7, 11) is 1.45. The largest absolute Gasteiger partial charge is 0.469 e. The maximum absolute atomic E-state index is 12.3. The second-order valence-corrected chi connectivity index (χ2v) is 12.6. The molecule has 0 aromatic rings. The predicted molar refractivity (Wildman–Crippen MR) is 132 cm³/mol. The summed E-state index contributed by atoms with van der Waals surface area (Å²) in [6.45, 7) is 10.2. The van der Waals surface area contributed by atoms with Gasteiger partial charge < -0.3 is 14.2 Å². The molecule has 4 fully saturated rings. The Bertz CT molecular complexity index is 824. The lowest BCUT2D eigenvalue weighted by atomic mass is 9.43. The molecule has 0 aliphatic heterocycles. The molecule has 0 bridgehead atoms. The fraction of sp³-hybridized carbons (Fsp3) is 0.897. The monoisotopic (exact) mass is 490 g/mol. The lowest BCUT2D eigenvalue weighted by Gasteiger charge is -2.62. The second-order valence-electron chi connectivity index (χ2n) is 12.6. The first kappa shape index (κ1) is 26.5. The van der Waals surface area contributed by atoms with Crippen molar-refractivity contribution in [1.82, 2.24) is 0 Å². The normalized spacial score (nSPS) is 43.2. The number of rotatable bonds is 6. The Morgan fingerprint density at radius 3 is 2.29 bits per heavy atom. The van der Waals surface area contributed by atoms with Crippen LogP contribution in [0.1, 0.15) is 98.8 Å². The van der Waals surface area contributed by atoms with Crippen molar-refractivity contribution in [1.29, 1.82) is 0 Å². The minimum absolute atomic E-state index is 0.0479. The molecule has 4 aliphatic rings. The average Bonchev–Trinajstić information content (AvgIpc) is 3.16. The molecule has 0 saturated heterocycles. The van der Waals surface area contributed by atoms with Crippen LogP contribution in [0.2, 0.25) is 0 Å². The Hall–Kier alpha value is -1.59. The van der Waals surface area contributed by atoms with Crippen molar-refractivity contribution >= 4 is 17.9 Å². The first-order chi connectivity index (χ1) is 16.5. The fourth-order valence-corrected chi connectivity index (χ4v) is 9.48. The number of hydrogen-bond acceptors (Lipinski definition) is 6. The van der Waals surface area contributed by atoms with E-state index in [0.29, 0.717) is 41.9 Å². The van der Waals surface area contributed by atoms with Gasteiger partial charge in [-0.05, 0) is 98.7 Å². The summed E-state index contributed by atoms with van der Waals surface area (Å²) in [4.78, 5) is 35.7. The Labute approximate surface area is 211 Å². The molecule has 0 N–H and O–H groups in total. The zero-order chi connectivity index (χ0) is 25.5. The number of esters is 3. The molecule has 4 rings (SSSR count). The number of fused-ring (bicyclic) bond motifs is 5. The van der Waals surface area contributed by atoms with E-state index >= 15 is 0 Å². The van der Waals surface area contributed by atoms with Crippen LogP contribution >= 0.6 is 0 Å². The summed E-state index contributed by atoms with van der Waals surface area (Å²) in [5.41, 5.74) is 0.147. The van der Waals surface area contributed by atoms with Crippen molar-refractivity contribution in [2.75, 3.05) is 7.11 Å². The molecule has 0 aromatic carbocycles. The molecule has 35 heavy (non-hydrogen) atoms. The van der Waals surface area contributed by atoms with E-state index in [1.807, 2.05) is 0 Å². The Morgan fingerprint density at radius 1 is 0.914 bits per heavy atom. The molecule has 0 spiro atoms. The van der Waals surface area contributed by atoms with Gasteiger partial charge in [-0.1, -0.05) is 20.8 Å².